The van der Waals surface area contributed by atoms with Crippen LogP contribution < -0.4 is 9.47 Å². The molecule has 0 bridgehead atoms. The fourth-order valence-corrected chi connectivity index (χ4v) is 2.44. The third kappa shape index (κ3) is 4.71. The highest BCUT2D eigenvalue weighted by atomic mass is 16.6. The van der Waals surface area contributed by atoms with Crippen molar-refractivity contribution in [2.24, 2.45) is 0 Å². The molecule has 3 aromatic carbocycles. The Kier molecular flexibility index (Phi) is 5.63. The third-order valence-corrected chi connectivity index (χ3v) is 3.82. The molecule has 0 amide bonds. The third-order valence-electron chi connectivity index (χ3n) is 3.82. The Hall–Kier alpha value is -4.18. The van der Waals surface area contributed by atoms with E-state index in [1.165, 1.54) is 24.3 Å². The van der Waals surface area contributed by atoms with Crippen LogP contribution in [0, 0.1) is 21.4 Å². The highest BCUT2D eigenvalue weighted by molar-refractivity contribution is 5.74. The van der Waals surface area contributed by atoms with Crippen molar-refractivity contribution in [3.63, 3.8) is 0 Å². The molecule has 7 heteroatoms. The number of carbonyl (C=O) groups excluding carboxylic acids is 1. The minimum atomic E-state index is -0.627. The first-order valence-corrected chi connectivity index (χ1v) is 8.24. The van der Waals surface area contributed by atoms with Crippen LogP contribution in [0.15, 0.2) is 72.8 Å². The van der Waals surface area contributed by atoms with E-state index in [0.717, 1.165) is 11.1 Å². The van der Waals surface area contributed by atoms with Gasteiger partial charge >= 0.3 is 5.97 Å². The van der Waals surface area contributed by atoms with E-state index in [4.69, 9.17) is 14.7 Å². The van der Waals surface area contributed by atoms with Crippen LogP contribution in [0.2, 0.25) is 0 Å². The van der Waals surface area contributed by atoms with Gasteiger partial charge in [0.1, 0.15) is 11.5 Å². The van der Waals surface area contributed by atoms with E-state index in [-0.39, 0.29) is 18.0 Å². The summed E-state index contributed by atoms with van der Waals surface area (Å²) in [6, 6.07) is 21.7. The molecule has 0 saturated carbocycles. The van der Waals surface area contributed by atoms with Crippen molar-refractivity contribution in [3.05, 3.63) is 88.5 Å². The molecule has 3 aromatic rings. The van der Waals surface area contributed by atoms with Crippen molar-refractivity contribution in [2.45, 2.75) is 0 Å². The first-order valence-electron chi connectivity index (χ1n) is 8.24. The van der Waals surface area contributed by atoms with E-state index in [1.54, 1.807) is 36.4 Å². The molecule has 0 N–H and O–H groups in total. The van der Waals surface area contributed by atoms with Gasteiger partial charge in [0.2, 0.25) is 0 Å². The molecule has 0 fully saturated rings. The van der Waals surface area contributed by atoms with Gasteiger partial charge < -0.3 is 9.47 Å². The van der Waals surface area contributed by atoms with E-state index in [9.17, 15) is 14.9 Å². The number of carbonyl (C=O) groups is 1. The minimum absolute atomic E-state index is 0.121. The summed E-state index contributed by atoms with van der Waals surface area (Å²) in [6.07, 6.45) is 0. The number of hydrogen-bond acceptors (Lipinski definition) is 6. The molecule has 28 heavy (non-hydrogen) atoms. The van der Waals surface area contributed by atoms with E-state index in [2.05, 4.69) is 6.07 Å². The number of nitrogens with zero attached hydrogens (tertiary/aromatic N) is 2. The molecule has 0 heterocycles. The van der Waals surface area contributed by atoms with Crippen LogP contribution in [0.1, 0.15) is 5.56 Å². The lowest BCUT2D eigenvalue weighted by atomic mass is 10.0. The molecule has 0 atom stereocenters. The van der Waals surface area contributed by atoms with Crippen LogP contribution in [0.4, 0.5) is 5.69 Å². The number of esters is 1. The van der Waals surface area contributed by atoms with Crippen molar-refractivity contribution in [3.8, 4) is 28.7 Å². The van der Waals surface area contributed by atoms with Crippen LogP contribution in [-0.2, 0) is 4.79 Å². The van der Waals surface area contributed by atoms with Gasteiger partial charge in [-0.15, -0.1) is 0 Å². The molecule has 0 aromatic heterocycles. The van der Waals surface area contributed by atoms with E-state index < -0.39 is 10.9 Å². The topological polar surface area (TPSA) is 102 Å². The van der Waals surface area contributed by atoms with Crippen LogP contribution in [-0.4, -0.2) is 17.5 Å². The quantitative estimate of drug-likeness (QED) is 0.278. The van der Waals surface area contributed by atoms with Gasteiger partial charge in [-0.2, -0.15) is 5.26 Å². The monoisotopic (exact) mass is 374 g/mol. The van der Waals surface area contributed by atoms with Gasteiger partial charge in [0, 0.05) is 6.07 Å². The lowest BCUT2D eigenvalue weighted by Crippen LogP contribution is -2.17. The van der Waals surface area contributed by atoms with Gasteiger partial charge in [-0.05, 0) is 41.5 Å². The zero-order chi connectivity index (χ0) is 19.9. The normalized spacial score (nSPS) is 9.96. The lowest BCUT2D eigenvalue weighted by molar-refractivity contribution is -0.384. The number of hydrogen-bond donors (Lipinski definition) is 0. The molecule has 3 rings (SSSR count). The van der Waals surface area contributed by atoms with E-state index in [1.807, 2.05) is 12.1 Å². The van der Waals surface area contributed by atoms with Crippen LogP contribution in [0.3, 0.4) is 0 Å². The fourth-order valence-electron chi connectivity index (χ4n) is 2.44. The Morgan fingerprint density at radius 2 is 1.61 bits per heavy atom. The number of nitro benzene ring substituents is 1. The van der Waals surface area contributed by atoms with Crippen molar-refractivity contribution in [1.29, 1.82) is 5.26 Å². The van der Waals surface area contributed by atoms with Crippen LogP contribution in [0.25, 0.3) is 11.1 Å². The minimum Gasteiger partial charge on any atom is -0.482 e. The number of benzene rings is 3. The molecule has 0 aliphatic carbocycles. The zero-order valence-corrected chi connectivity index (χ0v) is 14.6. The number of ether oxygens (including phenoxy) is 2. The maximum Gasteiger partial charge on any atom is 0.349 e. The van der Waals surface area contributed by atoms with Crippen LogP contribution >= 0.6 is 0 Å². The second-order valence-electron chi connectivity index (χ2n) is 5.73. The summed E-state index contributed by atoms with van der Waals surface area (Å²) in [6.45, 7) is -0.376. The van der Waals surface area contributed by atoms with Crippen molar-refractivity contribution >= 4 is 11.7 Å². The predicted octanol–water partition coefficient (Wildman–Crippen LogP) is 4.12. The first-order chi connectivity index (χ1) is 13.5. The molecule has 138 valence electrons. The summed E-state index contributed by atoms with van der Waals surface area (Å²) < 4.78 is 10.4. The Labute approximate surface area is 160 Å². The number of nitriles is 1. The maximum atomic E-state index is 11.9. The summed E-state index contributed by atoms with van der Waals surface area (Å²) >= 11 is 0. The molecule has 0 saturated heterocycles. The predicted molar refractivity (Wildman–Crippen MR) is 101 cm³/mol. The highest BCUT2D eigenvalue weighted by Gasteiger charge is 2.10. The second kappa shape index (κ2) is 8.47. The van der Waals surface area contributed by atoms with Crippen molar-refractivity contribution < 1.29 is 19.2 Å². The molecule has 0 radical (unpaired) electrons. The molecule has 0 aliphatic heterocycles. The molecule has 7 nitrogen and oxygen atoms in total. The van der Waals surface area contributed by atoms with Gasteiger partial charge in [-0.1, -0.05) is 30.3 Å². The summed E-state index contributed by atoms with van der Waals surface area (Å²) in [5.74, 6) is -0.0648. The highest BCUT2D eigenvalue weighted by Crippen LogP contribution is 2.23. The van der Waals surface area contributed by atoms with Gasteiger partial charge in [0.05, 0.1) is 22.6 Å². The Bertz CT molecular complexity index is 1040. The number of rotatable bonds is 6. The molecule has 0 unspecified atom stereocenters. The Morgan fingerprint density at radius 3 is 2.21 bits per heavy atom. The zero-order valence-electron chi connectivity index (χ0n) is 14.6. The summed E-state index contributed by atoms with van der Waals surface area (Å²) in [4.78, 5) is 22.1. The van der Waals surface area contributed by atoms with Gasteiger partial charge in [0.25, 0.3) is 5.69 Å². The van der Waals surface area contributed by atoms with Crippen molar-refractivity contribution in [2.75, 3.05) is 6.61 Å². The van der Waals surface area contributed by atoms with E-state index >= 15 is 0 Å². The van der Waals surface area contributed by atoms with Crippen LogP contribution in [0.5, 0.6) is 11.5 Å². The number of nitro groups is 1. The largest absolute Gasteiger partial charge is 0.482 e. The van der Waals surface area contributed by atoms with Gasteiger partial charge in [-0.25, -0.2) is 4.79 Å². The summed E-state index contributed by atoms with van der Waals surface area (Å²) in [5.41, 5.74) is 2.31. The average molecular weight is 374 g/mol. The maximum absolute atomic E-state index is 11.9. The van der Waals surface area contributed by atoms with Crippen molar-refractivity contribution in [1.82, 2.24) is 0 Å². The van der Waals surface area contributed by atoms with Gasteiger partial charge in [0.15, 0.2) is 6.61 Å². The second-order valence-corrected chi connectivity index (χ2v) is 5.73. The molecular formula is C21H14N2O5. The Balaban J connectivity index is 1.57. The summed E-state index contributed by atoms with van der Waals surface area (Å²) in [5, 5.41) is 19.6. The standard InChI is InChI=1S/C21H14N2O5/c22-13-15-4-6-16(7-5-15)17-8-10-19(11-9-17)28-21(24)14-27-20-3-1-2-18(12-20)23(25)26/h1-12H,14H2. The average Bonchev–Trinajstić information content (AvgIpc) is 2.73. The number of non-ortho nitro benzene ring substituents is 1. The van der Waals surface area contributed by atoms with Gasteiger partial charge in [-0.3, -0.25) is 10.1 Å². The summed E-state index contributed by atoms with van der Waals surface area (Å²) in [7, 11) is 0. The molecular weight excluding hydrogens is 360 g/mol. The molecule has 0 spiro atoms. The smallest absolute Gasteiger partial charge is 0.349 e. The lowest BCUT2D eigenvalue weighted by Gasteiger charge is -2.08. The SMILES string of the molecule is N#Cc1ccc(-c2ccc(OC(=O)COc3cccc([N+](=O)[O-])c3)cc2)cc1. The van der Waals surface area contributed by atoms with E-state index in [0.29, 0.717) is 11.3 Å². The fraction of sp³-hybridized carbons (Fsp3) is 0.0476. The Morgan fingerprint density at radius 1 is 0.964 bits per heavy atom. The first kappa shape index (κ1) is 18.6. The molecule has 0 aliphatic rings.